The molecule has 0 aliphatic carbocycles. The molecule has 21 heavy (non-hydrogen) atoms. The fourth-order valence-electron chi connectivity index (χ4n) is 1.71. The molecule has 2 amide bonds. The van der Waals surface area contributed by atoms with Crippen LogP contribution in [0.1, 0.15) is 0 Å². The van der Waals surface area contributed by atoms with Gasteiger partial charge >= 0.3 is 12.0 Å². The zero-order chi connectivity index (χ0) is 15.4. The van der Waals surface area contributed by atoms with E-state index < -0.39 is 18.5 Å². The van der Waals surface area contributed by atoms with Crippen LogP contribution in [0.4, 0.5) is 16.2 Å². The predicted octanol–water partition coefficient (Wildman–Crippen LogP) is 2.20. The van der Waals surface area contributed by atoms with Crippen LogP contribution in [-0.2, 0) is 11.8 Å². The third-order valence-electron chi connectivity index (χ3n) is 2.63. The third kappa shape index (κ3) is 3.96. The number of aliphatic carboxylic acids is 1. The van der Waals surface area contributed by atoms with Crippen LogP contribution in [0.15, 0.2) is 36.7 Å². The van der Waals surface area contributed by atoms with Crippen molar-refractivity contribution in [1.29, 1.82) is 0 Å². The monoisotopic (exact) mass is 308 g/mol. The molecule has 7 nitrogen and oxygen atoms in total. The lowest BCUT2D eigenvalue weighted by Crippen LogP contribution is -2.38. The Labute approximate surface area is 125 Å². The Balaban J connectivity index is 2.20. The van der Waals surface area contributed by atoms with E-state index in [1.807, 2.05) is 0 Å². The minimum absolute atomic E-state index is 0.434. The van der Waals surface area contributed by atoms with Gasteiger partial charge in [-0.3, -0.25) is 14.4 Å². The molecule has 0 aliphatic heterocycles. The summed E-state index contributed by atoms with van der Waals surface area (Å²) in [6.45, 7) is -0.465. The Hall–Kier alpha value is -2.54. The SMILES string of the molecule is Cn1cc(NC(=O)N(CC(=O)O)c2ccc(Cl)cc2)cn1. The number of hydrogen-bond donors (Lipinski definition) is 2. The molecule has 1 aromatic carbocycles. The van der Waals surface area contributed by atoms with Crippen molar-refractivity contribution >= 4 is 35.0 Å². The summed E-state index contributed by atoms with van der Waals surface area (Å²) in [5, 5.41) is 16.0. The van der Waals surface area contributed by atoms with Gasteiger partial charge in [0.15, 0.2) is 0 Å². The molecular weight excluding hydrogens is 296 g/mol. The number of carbonyl (C=O) groups is 2. The Bertz CT molecular complexity index is 654. The third-order valence-corrected chi connectivity index (χ3v) is 2.88. The number of urea groups is 1. The Morgan fingerprint density at radius 3 is 2.57 bits per heavy atom. The molecule has 2 aromatic rings. The minimum atomic E-state index is -1.12. The van der Waals surface area contributed by atoms with Gasteiger partial charge in [0, 0.05) is 24.0 Å². The number of carboxylic acids is 1. The van der Waals surface area contributed by atoms with E-state index in [0.717, 1.165) is 4.90 Å². The van der Waals surface area contributed by atoms with Gasteiger partial charge in [-0.05, 0) is 24.3 Å². The molecule has 0 fully saturated rings. The largest absolute Gasteiger partial charge is 0.480 e. The number of amides is 2. The number of carbonyl (C=O) groups excluding carboxylic acids is 1. The lowest BCUT2D eigenvalue weighted by atomic mass is 10.3. The van der Waals surface area contributed by atoms with Gasteiger partial charge in [-0.15, -0.1) is 0 Å². The van der Waals surface area contributed by atoms with Gasteiger partial charge in [0.05, 0.1) is 11.9 Å². The minimum Gasteiger partial charge on any atom is -0.480 e. The average Bonchev–Trinajstić information content (AvgIpc) is 2.82. The molecular formula is C13H13ClN4O3. The van der Waals surface area contributed by atoms with Crippen molar-refractivity contribution in [3.8, 4) is 0 Å². The normalized spacial score (nSPS) is 10.2. The molecule has 110 valence electrons. The topological polar surface area (TPSA) is 87.5 Å². The molecule has 1 aromatic heterocycles. The second kappa shape index (κ2) is 6.27. The maximum absolute atomic E-state index is 12.2. The van der Waals surface area contributed by atoms with Gasteiger partial charge in [0.1, 0.15) is 6.54 Å². The lowest BCUT2D eigenvalue weighted by Gasteiger charge is -2.20. The Kier molecular flexibility index (Phi) is 4.44. The number of aromatic nitrogens is 2. The highest BCUT2D eigenvalue weighted by Crippen LogP contribution is 2.19. The highest BCUT2D eigenvalue weighted by atomic mass is 35.5. The summed E-state index contributed by atoms with van der Waals surface area (Å²) in [5.74, 6) is -1.12. The summed E-state index contributed by atoms with van der Waals surface area (Å²) in [4.78, 5) is 24.3. The van der Waals surface area contributed by atoms with E-state index in [1.54, 1.807) is 37.5 Å². The van der Waals surface area contributed by atoms with Crippen molar-refractivity contribution in [3.63, 3.8) is 0 Å². The number of nitrogens with zero attached hydrogens (tertiary/aromatic N) is 3. The van der Waals surface area contributed by atoms with Crippen LogP contribution in [0.3, 0.4) is 0 Å². The number of halogens is 1. The average molecular weight is 309 g/mol. The summed E-state index contributed by atoms with van der Waals surface area (Å²) in [7, 11) is 1.71. The highest BCUT2D eigenvalue weighted by Gasteiger charge is 2.19. The summed E-state index contributed by atoms with van der Waals surface area (Å²) in [6, 6.07) is 5.77. The number of nitrogens with one attached hydrogen (secondary N) is 1. The maximum atomic E-state index is 12.2. The molecule has 0 unspecified atom stereocenters. The number of rotatable bonds is 4. The van der Waals surface area contributed by atoms with Gasteiger partial charge in [-0.25, -0.2) is 4.79 Å². The first kappa shape index (κ1) is 14.9. The van der Waals surface area contributed by atoms with Crippen LogP contribution in [-0.4, -0.2) is 33.4 Å². The zero-order valence-electron chi connectivity index (χ0n) is 11.2. The van der Waals surface area contributed by atoms with Crippen LogP contribution in [0.2, 0.25) is 5.02 Å². The number of aryl methyl sites for hydroxylation is 1. The maximum Gasteiger partial charge on any atom is 0.326 e. The van der Waals surface area contributed by atoms with Crippen LogP contribution in [0, 0.1) is 0 Å². The van der Waals surface area contributed by atoms with Gasteiger partial charge in [-0.2, -0.15) is 5.10 Å². The molecule has 0 atom stereocenters. The summed E-state index contributed by atoms with van der Waals surface area (Å²) < 4.78 is 1.53. The zero-order valence-corrected chi connectivity index (χ0v) is 11.9. The smallest absolute Gasteiger partial charge is 0.326 e. The van der Waals surface area contributed by atoms with Crippen LogP contribution >= 0.6 is 11.6 Å². The van der Waals surface area contributed by atoms with E-state index in [0.29, 0.717) is 16.4 Å². The van der Waals surface area contributed by atoms with E-state index in [2.05, 4.69) is 10.4 Å². The first-order valence-corrected chi connectivity index (χ1v) is 6.38. The van der Waals surface area contributed by atoms with Gasteiger partial charge in [0.2, 0.25) is 0 Å². The molecule has 1 heterocycles. The second-order valence-corrected chi connectivity index (χ2v) is 4.73. The Morgan fingerprint density at radius 1 is 1.38 bits per heavy atom. The van der Waals surface area contributed by atoms with Crippen LogP contribution in [0.5, 0.6) is 0 Å². The van der Waals surface area contributed by atoms with Crippen molar-refractivity contribution in [2.24, 2.45) is 7.05 Å². The first-order chi connectivity index (χ1) is 9.95. The first-order valence-electron chi connectivity index (χ1n) is 6.00. The van der Waals surface area contributed by atoms with Crippen molar-refractivity contribution < 1.29 is 14.7 Å². The highest BCUT2D eigenvalue weighted by molar-refractivity contribution is 6.30. The molecule has 2 rings (SSSR count). The van der Waals surface area contributed by atoms with Crippen molar-refractivity contribution in [2.45, 2.75) is 0 Å². The molecule has 0 bridgehead atoms. The van der Waals surface area contributed by atoms with Crippen molar-refractivity contribution in [3.05, 3.63) is 41.7 Å². The summed E-state index contributed by atoms with van der Waals surface area (Å²) in [5.41, 5.74) is 0.912. The second-order valence-electron chi connectivity index (χ2n) is 4.29. The molecule has 0 aliphatic rings. The Morgan fingerprint density at radius 2 is 2.05 bits per heavy atom. The fourth-order valence-corrected chi connectivity index (χ4v) is 1.84. The van der Waals surface area contributed by atoms with E-state index in [4.69, 9.17) is 16.7 Å². The molecule has 8 heteroatoms. The standard InChI is InChI=1S/C13H13ClN4O3/c1-17-7-10(6-15-17)16-13(21)18(8-12(19)20)11-4-2-9(14)3-5-11/h2-7H,8H2,1H3,(H,16,21)(H,19,20). The van der Waals surface area contributed by atoms with Crippen LogP contribution < -0.4 is 10.2 Å². The van der Waals surface area contributed by atoms with E-state index in [9.17, 15) is 9.59 Å². The molecule has 0 spiro atoms. The van der Waals surface area contributed by atoms with Crippen molar-refractivity contribution in [1.82, 2.24) is 9.78 Å². The van der Waals surface area contributed by atoms with E-state index in [1.165, 1.54) is 10.9 Å². The number of hydrogen-bond acceptors (Lipinski definition) is 3. The van der Waals surface area contributed by atoms with Gasteiger partial charge in [0.25, 0.3) is 0 Å². The summed E-state index contributed by atoms with van der Waals surface area (Å²) in [6.07, 6.45) is 3.08. The lowest BCUT2D eigenvalue weighted by molar-refractivity contribution is -0.135. The molecule has 0 radical (unpaired) electrons. The summed E-state index contributed by atoms with van der Waals surface area (Å²) >= 11 is 5.79. The quantitative estimate of drug-likeness (QED) is 0.906. The number of benzene rings is 1. The van der Waals surface area contributed by atoms with Gasteiger partial charge < -0.3 is 10.4 Å². The van der Waals surface area contributed by atoms with Crippen LogP contribution in [0.25, 0.3) is 0 Å². The van der Waals surface area contributed by atoms with Crippen molar-refractivity contribution in [2.75, 3.05) is 16.8 Å². The number of carboxylic acid groups (broad SMARTS) is 1. The van der Waals surface area contributed by atoms with Gasteiger partial charge in [-0.1, -0.05) is 11.6 Å². The molecule has 0 saturated carbocycles. The van der Waals surface area contributed by atoms with E-state index >= 15 is 0 Å². The number of anilines is 2. The molecule has 0 saturated heterocycles. The molecule has 2 N–H and O–H groups in total. The van der Waals surface area contributed by atoms with E-state index in [-0.39, 0.29) is 0 Å². The predicted molar refractivity (Wildman–Crippen MR) is 78.7 cm³/mol. The fraction of sp³-hybridized carbons (Fsp3) is 0.154.